The van der Waals surface area contributed by atoms with Gasteiger partial charge in [0.25, 0.3) is 0 Å². The molecule has 5 aliphatic carbocycles. The van der Waals surface area contributed by atoms with Gasteiger partial charge in [-0.25, -0.2) is 4.79 Å². The monoisotopic (exact) mass is 1580 g/mol. The first-order valence-electron chi connectivity index (χ1n) is 38.4. The number of allylic oxidation sites excluding steroid dienone is 2. The molecule has 0 aromatic heterocycles. The van der Waals surface area contributed by atoms with Crippen LogP contribution in [-0.4, -0.2) is 351 Å². The summed E-state index contributed by atoms with van der Waals surface area (Å²) < 4.78 is 84.5. The zero-order chi connectivity index (χ0) is 80.4. The van der Waals surface area contributed by atoms with Gasteiger partial charge >= 0.3 is 11.9 Å². The molecule has 18 unspecified atom stereocenters. The molecule has 0 aromatic carbocycles. The molecular formula is C73H115NO36. The van der Waals surface area contributed by atoms with Crippen LogP contribution in [0.3, 0.4) is 0 Å². The Morgan fingerprint density at radius 2 is 1.18 bits per heavy atom. The Labute approximate surface area is 634 Å². The van der Waals surface area contributed by atoms with Crippen molar-refractivity contribution >= 4 is 24.1 Å². The molecule has 0 spiro atoms. The number of hydrogen-bond acceptors (Lipinski definition) is 35. The lowest BCUT2D eigenvalue weighted by Crippen LogP contribution is -2.70. The van der Waals surface area contributed by atoms with Crippen LogP contribution in [0.1, 0.15) is 133 Å². The van der Waals surface area contributed by atoms with Crippen molar-refractivity contribution in [1.29, 1.82) is 0 Å². The molecule has 0 radical (unpaired) electrons. The summed E-state index contributed by atoms with van der Waals surface area (Å²) in [5, 5.41) is 204. The average Bonchev–Trinajstić information content (AvgIpc) is 0.705. The van der Waals surface area contributed by atoms with Gasteiger partial charge in [-0.3, -0.25) is 9.59 Å². The van der Waals surface area contributed by atoms with Crippen molar-refractivity contribution in [1.82, 2.24) is 5.32 Å². The van der Waals surface area contributed by atoms with Gasteiger partial charge in [-0.05, 0) is 111 Å². The highest BCUT2D eigenvalue weighted by Crippen LogP contribution is 2.76. The maximum absolute atomic E-state index is 16.0. The van der Waals surface area contributed by atoms with Gasteiger partial charge in [0, 0.05) is 6.42 Å². The minimum Gasteiger partial charge on any atom is -0.479 e. The van der Waals surface area contributed by atoms with Crippen molar-refractivity contribution in [2.75, 3.05) is 33.0 Å². The largest absolute Gasteiger partial charge is 0.479 e. The fourth-order valence-corrected chi connectivity index (χ4v) is 20.7. The van der Waals surface area contributed by atoms with Gasteiger partial charge in [-0.15, -0.1) is 0 Å². The smallest absolute Gasteiger partial charge is 0.335 e. The van der Waals surface area contributed by atoms with Crippen molar-refractivity contribution in [3.63, 3.8) is 0 Å². The van der Waals surface area contributed by atoms with Gasteiger partial charge in [0.1, 0.15) is 133 Å². The SMILES string of the molecule is CCC(=O)N[C@H]1C(CO)O[C@@H](OC(=O)[C@]23CCC(C)(C)CC2C2=CCC4C5(C)CC[C@H](O[C@@H]6OC(C(=O)O)[C@@H](O)[C@H](O[C@@H]7OC[C@@H](O)[C@H](O)C7O)C6O[C@@H]6OC(CO)[C@H](O)[C@H](O)C6O)[C@](C)(C=O)[C@@H]5CC[C@]4(C)[C@]2(C)CC3O)C(O[C@@H]2OC(C)[C@H](O[C@@H]3OC[C@@H](O)C(O[C@@H]4OCC(O)(CC)[C@@H]4O)C3O)C(O)C2O)C1O. The number of fused-ring (bicyclic) bond motifs is 7. The minimum atomic E-state index is -2.23. The Kier molecular flexibility index (Phi) is 25.4. The zero-order valence-corrected chi connectivity index (χ0v) is 63.1. The van der Waals surface area contributed by atoms with Crippen LogP contribution in [0.2, 0.25) is 0 Å². The van der Waals surface area contributed by atoms with Gasteiger partial charge in [-0.2, -0.15) is 0 Å². The topological polar surface area (TPSA) is 574 Å². The Hall–Kier alpha value is -3.38. The van der Waals surface area contributed by atoms with Gasteiger partial charge in [-0.1, -0.05) is 67.0 Å². The summed E-state index contributed by atoms with van der Waals surface area (Å²) >= 11 is 0. The fourth-order valence-electron chi connectivity index (χ4n) is 20.7. The second kappa shape index (κ2) is 32.5. The Balaban J connectivity index is 0.800. The number of carboxylic acid groups (broad SMARTS) is 1. The molecule has 628 valence electrons. The molecule has 12 rings (SSSR count). The van der Waals surface area contributed by atoms with E-state index >= 15 is 4.79 Å². The summed E-state index contributed by atoms with van der Waals surface area (Å²) in [7, 11) is 0. The molecule has 7 aliphatic heterocycles. The number of carbonyl (C=O) groups is 4. The maximum atomic E-state index is 16.0. The molecule has 110 heavy (non-hydrogen) atoms. The third-order valence-electron chi connectivity index (χ3n) is 27.6. The highest BCUT2D eigenvalue weighted by atomic mass is 16.8. The predicted molar refractivity (Wildman–Crippen MR) is 363 cm³/mol. The van der Waals surface area contributed by atoms with Crippen molar-refractivity contribution < 1.29 is 177 Å². The predicted octanol–water partition coefficient (Wildman–Crippen LogP) is -5.42. The van der Waals surface area contributed by atoms with Crippen molar-refractivity contribution in [2.45, 2.75) is 335 Å². The van der Waals surface area contributed by atoms with Gasteiger partial charge in [0.2, 0.25) is 12.2 Å². The number of carboxylic acids is 1. The molecular weight excluding hydrogens is 1470 g/mol. The number of carbonyl (C=O) groups excluding carboxylic acids is 3. The van der Waals surface area contributed by atoms with Crippen LogP contribution < -0.4 is 5.32 Å². The van der Waals surface area contributed by atoms with Gasteiger partial charge < -0.3 is 168 Å². The third kappa shape index (κ3) is 14.8. The van der Waals surface area contributed by atoms with E-state index in [1.54, 1.807) is 13.8 Å². The van der Waals surface area contributed by atoms with E-state index in [-0.39, 0.29) is 44.6 Å². The van der Waals surface area contributed by atoms with E-state index in [9.17, 15) is 106 Å². The highest BCUT2D eigenvalue weighted by Gasteiger charge is 2.73. The normalized spacial score (nSPS) is 52.9. The number of rotatable bonds is 21. The number of amides is 1. The van der Waals surface area contributed by atoms with Crippen LogP contribution in [0, 0.1) is 50.2 Å². The van der Waals surface area contributed by atoms with Crippen LogP contribution in [0.5, 0.6) is 0 Å². The first-order chi connectivity index (χ1) is 51.7. The Bertz CT molecular complexity index is 3270. The number of aldehydes is 1. The summed E-state index contributed by atoms with van der Waals surface area (Å²) in [5.41, 5.74) is -6.73. The number of aliphatic carboxylic acids is 1. The molecule has 0 bridgehead atoms. The molecule has 11 fully saturated rings. The van der Waals surface area contributed by atoms with Crippen molar-refractivity contribution in [3.05, 3.63) is 11.6 Å². The number of aliphatic hydroxyl groups excluding tert-OH is 16. The van der Waals surface area contributed by atoms with Crippen molar-refractivity contribution in [3.8, 4) is 0 Å². The second-order valence-corrected chi connectivity index (χ2v) is 34.4. The van der Waals surface area contributed by atoms with Crippen LogP contribution in [0.25, 0.3) is 0 Å². The summed E-state index contributed by atoms with van der Waals surface area (Å²) in [6.07, 6.45) is -50.0. The first-order valence-corrected chi connectivity index (χ1v) is 38.4. The molecule has 1 amide bonds. The van der Waals surface area contributed by atoms with E-state index < -0.39 is 291 Å². The Morgan fingerprint density at radius 3 is 1.83 bits per heavy atom. The number of ether oxygens (including phenoxy) is 14. The van der Waals surface area contributed by atoms with E-state index in [2.05, 4.69) is 46.0 Å². The molecule has 41 atom stereocenters. The van der Waals surface area contributed by atoms with E-state index in [0.29, 0.717) is 38.5 Å². The molecule has 37 nitrogen and oxygen atoms in total. The number of nitrogens with one attached hydrogen (secondary N) is 1. The number of hydrogen-bond donors (Lipinski definition) is 19. The van der Waals surface area contributed by atoms with Crippen LogP contribution in [0.15, 0.2) is 11.6 Å². The highest BCUT2D eigenvalue weighted by molar-refractivity contribution is 5.80. The third-order valence-corrected chi connectivity index (χ3v) is 27.6. The number of aliphatic hydroxyl groups is 17. The zero-order valence-electron chi connectivity index (χ0n) is 63.1. The van der Waals surface area contributed by atoms with E-state index in [1.165, 1.54) is 13.8 Å². The van der Waals surface area contributed by atoms with Crippen LogP contribution in [-0.2, 0) is 85.5 Å². The molecule has 19 N–H and O–H groups in total. The Morgan fingerprint density at radius 1 is 0.573 bits per heavy atom. The minimum absolute atomic E-state index is 0.00455. The molecule has 7 saturated heterocycles. The standard InChI is InChI=1S/C73H115NO36/c1-10-39(81)74-40-33(22-75)101-63(55(43(40)84)108-61-48(89)45(86)51(28(3)100-61)104-60-50(91)52(32(79)25-98-60)105-65-57(92)72(96,11-2)27-99-65)110-66(95)73-19-18-67(4,5)20-30(73)29-12-13-36-68(6)16-15-38(69(7,26-77)35(68)14-17-70(36,8)71(29,9)21-37(73)80)103-64-56(109-62-47(88)44(85)42(83)34(23-76)102-62)53(49(90)54(107-64)58(93)94)106-59-46(87)41(82)31(78)24-97-59/h12,26,28,30-38,40-57,59-65,75-76,78-80,82-92,96H,10-11,13-25,27H2,1-9H3,(H,74,81)(H,93,94)/t28?,30?,31-,32-,33?,34?,35-,36?,37?,38+,40+,41+,42+,43?,44+,45?,46?,47?,48?,49+,50?,51+,52?,53+,54?,55?,56?,57-,59+,60+,61+,62+,63+,64-,65+,68?,69-,70+,71-,72?,73-/m1/s1. The first kappa shape index (κ1) is 86.0. The van der Waals surface area contributed by atoms with E-state index in [1.807, 2.05) is 0 Å². The van der Waals surface area contributed by atoms with Gasteiger partial charge in [0.15, 0.2) is 49.9 Å². The molecule has 12 aliphatic rings. The molecule has 7 heterocycles. The number of esters is 1. The maximum Gasteiger partial charge on any atom is 0.335 e. The average molecular weight is 1580 g/mol. The lowest BCUT2D eigenvalue weighted by Gasteiger charge is -2.71. The van der Waals surface area contributed by atoms with E-state index in [4.69, 9.17) is 66.3 Å². The van der Waals surface area contributed by atoms with Crippen LogP contribution in [0.4, 0.5) is 0 Å². The second-order valence-electron chi connectivity index (χ2n) is 34.4. The van der Waals surface area contributed by atoms with Crippen molar-refractivity contribution in [2.24, 2.45) is 50.2 Å². The lowest BCUT2D eigenvalue weighted by atomic mass is 9.33. The summed E-state index contributed by atoms with van der Waals surface area (Å²) in [6, 6.07) is -1.45. The molecule has 4 saturated carbocycles. The molecule has 0 aromatic rings. The lowest BCUT2D eigenvalue weighted by molar-refractivity contribution is -0.391. The van der Waals surface area contributed by atoms with E-state index in [0.717, 1.165) is 11.9 Å². The fraction of sp³-hybridized carbons (Fsp3) is 0.918. The molecule has 37 heteroatoms. The quantitative estimate of drug-likeness (QED) is 0.0221. The van der Waals surface area contributed by atoms with Gasteiger partial charge in [0.05, 0.1) is 62.8 Å². The summed E-state index contributed by atoms with van der Waals surface area (Å²) in [6.45, 7) is 13.6. The summed E-state index contributed by atoms with van der Waals surface area (Å²) in [5.74, 6) is -4.79. The summed E-state index contributed by atoms with van der Waals surface area (Å²) in [4.78, 5) is 56.4. The van der Waals surface area contributed by atoms with Crippen LogP contribution >= 0.6 is 0 Å².